The van der Waals surface area contributed by atoms with Crippen molar-refractivity contribution in [2.45, 2.75) is 39.5 Å². The number of methoxy groups -OCH3 is 1. The largest absolute Gasteiger partial charge is 0.495 e. The van der Waals surface area contributed by atoms with Gasteiger partial charge in [0.25, 0.3) is 0 Å². The number of nitrogens with one attached hydrogen (secondary N) is 2. The molecule has 1 saturated heterocycles. The molecule has 0 radical (unpaired) electrons. The summed E-state index contributed by atoms with van der Waals surface area (Å²) in [6.45, 7) is 6.13. The molecule has 178 valence electrons. The van der Waals surface area contributed by atoms with Gasteiger partial charge in [-0.2, -0.15) is 5.10 Å². The normalized spacial score (nSPS) is 16.0. The zero-order chi connectivity index (χ0) is 23.8. The number of hydrogen-bond acceptors (Lipinski definition) is 8. The van der Waals surface area contributed by atoms with Crippen molar-refractivity contribution in [1.29, 1.82) is 0 Å². The van der Waals surface area contributed by atoms with Gasteiger partial charge in [0.05, 0.1) is 30.2 Å². The van der Waals surface area contributed by atoms with Gasteiger partial charge in [0.15, 0.2) is 5.82 Å². The quantitative estimate of drug-likeness (QED) is 0.355. The average Bonchev–Trinajstić information content (AvgIpc) is 3.51. The number of hydrogen-bond donors (Lipinski definition) is 3. The summed E-state index contributed by atoms with van der Waals surface area (Å²) in [6.07, 6.45) is 2.21. The number of rotatable bonds is 8. The van der Waals surface area contributed by atoms with Crippen LogP contribution in [-0.2, 0) is 22.7 Å². The van der Waals surface area contributed by atoms with Crippen molar-refractivity contribution in [3.8, 4) is 16.2 Å². The minimum atomic E-state index is -0.232. The minimum Gasteiger partial charge on any atom is -0.495 e. The zero-order valence-electron chi connectivity index (χ0n) is 19.5. The van der Waals surface area contributed by atoms with E-state index in [9.17, 15) is 4.79 Å². The lowest BCUT2D eigenvalue weighted by Gasteiger charge is -2.12. The number of nitrogens with zero attached hydrogens (tertiary/aromatic N) is 3. The maximum Gasteiger partial charge on any atom is 0.237 e. The van der Waals surface area contributed by atoms with Crippen LogP contribution in [0.3, 0.4) is 0 Å². The number of nitrogen functional groups attached to an aromatic ring is 1. The molecule has 1 amide bonds. The number of amides is 1. The molecule has 1 aliphatic rings. The molecule has 4 N–H and O–H groups in total. The highest BCUT2D eigenvalue weighted by molar-refractivity contribution is 7.22. The fraction of sp³-hybridized carbons (Fsp3) is 0.375. The van der Waals surface area contributed by atoms with E-state index >= 15 is 0 Å². The van der Waals surface area contributed by atoms with Crippen molar-refractivity contribution in [1.82, 2.24) is 25.2 Å². The topological polar surface area (TPSA) is 116 Å². The first-order valence-corrected chi connectivity index (χ1v) is 12.1. The lowest BCUT2D eigenvalue weighted by atomic mass is 10.1. The molecule has 1 aromatic carbocycles. The van der Waals surface area contributed by atoms with Crippen LogP contribution in [-0.4, -0.2) is 46.8 Å². The maximum absolute atomic E-state index is 12.1. The van der Waals surface area contributed by atoms with Crippen LogP contribution in [0.5, 0.6) is 5.75 Å². The molecule has 3 aromatic heterocycles. The second-order valence-corrected chi connectivity index (χ2v) is 9.40. The van der Waals surface area contributed by atoms with Crippen LogP contribution in [0.25, 0.3) is 26.0 Å². The van der Waals surface area contributed by atoms with Gasteiger partial charge in [-0.15, -0.1) is 11.3 Å². The number of aromatic nitrogens is 3. The van der Waals surface area contributed by atoms with E-state index in [1.54, 1.807) is 18.4 Å². The van der Waals surface area contributed by atoms with E-state index in [0.717, 1.165) is 55.0 Å². The number of fused-ring (bicyclic) bond motifs is 2. The van der Waals surface area contributed by atoms with Gasteiger partial charge in [-0.3, -0.25) is 4.79 Å². The highest BCUT2D eigenvalue weighted by Gasteiger charge is 2.28. The Labute approximate surface area is 201 Å². The molecule has 4 aromatic rings. The minimum absolute atomic E-state index is 0.0218. The van der Waals surface area contributed by atoms with Crippen molar-refractivity contribution < 1.29 is 14.3 Å². The Hall–Kier alpha value is -3.21. The van der Waals surface area contributed by atoms with Crippen LogP contribution in [0.1, 0.15) is 30.2 Å². The first-order valence-electron chi connectivity index (χ1n) is 11.3. The van der Waals surface area contributed by atoms with Crippen LogP contribution in [0.2, 0.25) is 0 Å². The molecule has 34 heavy (non-hydrogen) atoms. The van der Waals surface area contributed by atoms with E-state index in [1.165, 1.54) is 6.33 Å². The number of anilines is 1. The number of thiophene rings is 1. The summed E-state index contributed by atoms with van der Waals surface area (Å²) in [5, 5.41) is 11.9. The summed E-state index contributed by atoms with van der Waals surface area (Å²) in [5.41, 5.74) is 11.1. The molecular weight excluding hydrogens is 452 g/mol. The average molecular weight is 481 g/mol. The zero-order valence-corrected chi connectivity index (χ0v) is 20.3. The summed E-state index contributed by atoms with van der Waals surface area (Å²) >= 11 is 1.65. The monoisotopic (exact) mass is 480 g/mol. The number of carbonyl (C=O) groups is 1. The molecule has 1 fully saturated rings. The van der Waals surface area contributed by atoms with Crippen LogP contribution in [0.4, 0.5) is 5.82 Å². The maximum atomic E-state index is 12.1. The summed E-state index contributed by atoms with van der Waals surface area (Å²) in [5.74, 6) is 1.27. The number of carbonyl (C=O) groups excluding carboxylic acids is 1. The van der Waals surface area contributed by atoms with Crippen LogP contribution >= 0.6 is 11.3 Å². The van der Waals surface area contributed by atoms with Gasteiger partial charge < -0.3 is 25.8 Å². The summed E-state index contributed by atoms with van der Waals surface area (Å²) in [7, 11) is 1.69. The highest BCUT2D eigenvalue weighted by atomic mass is 32.1. The smallest absolute Gasteiger partial charge is 0.237 e. The Kier molecular flexibility index (Phi) is 6.11. The second-order valence-electron chi connectivity index (χ2n) is 8.35. The van der Waals surface area contributed by atoms with Gasteiger partial charge in [-0.25, -0.2) is 9.50 Å². The number of nitrogens with two attached hydrogens (primary N) is 1. The molecule has 9 nitrogen and oxygen atoms in total. The van der Waals surface area contributed by atoms with E-state index < -0.39 is 0 Å². The third-order valence-corrected chi connectivity index (χ3v) is 7.35. The lowest BCUT2D eigenvalue weighted by Crippen LogP contribution is -2.36. The van der Waals surface area contributed by atoms with Gasteiger partial charge >= 0.3 is 0 Å². The summed E-state index contributed by atoms with van der Waals surface area (Å²) in [6, 6.07) is 6.12. The van der Waals surface area contributed by atoms with E-state index in [2.05, 4.69) is 39.8 Å². The number of aryl methyl sites for hydroxylation is 1. The Morgan fingerprint density at radius 1 is 1.35 bits per heavy atom. The number of ether oxygens (including phenoxy) is 2. The summed E-state index contributed by atoms with van der Waals surface area (Å²) in [4.78, 5) is 17.4. The van der Waals surface area contributed by atoms with Gasteiger partial charge in [0.1, 0.15) is 17.6 Å². The molecule has 1 atom stereocenters. The fourth-order valence-electron chi connectivity index (χ4n) is 4.57. The summed E-state index contributed by atoms with van der Waals surface area (Å²) < 4.78 is 14.5. The first kappa shape index (κ1) is 22.6. The third-order valence-electron chi connectivity index (χ3n) is 6.17. The van der Waals surface area contributed by atoms with Crippen LogP contribution in [0.15, 0.2) is 24.5 Å². The van der Waals surface area contributed by atoms with E-state index in [1.807, 2.05) is 17.5 Å². The standard InChI is InChI=1S/C24H28N6O3S/c1-4-33-11-15-17(10-27-16-5-6-26-24(16)31)30-21(23(25)28-12-29-30)20(15)19-9-14-7-13(2)8-18(32-3)22(14)34-19/h7-9,12,16,27H,4-6,10-11H2,1-3H3,(H,26,31)(H2,25,28,29). The molecule has 0 aliphatic carbocycles. The Morgan fingerprint density at radius 3 is 2.94 bits per heavy atom. The van der Waals surface area contributed by atoms with E-state index in [0.29, 0.717) is 32.1 Å². The lowest BCUT2D eigenvalue weighted by molar-refractivity contribution is -0.120. The van der Waals surface area contributed by atoms with Crippen molar-refractivity contribution in [2.75, 3.05) is 26.0 Å². The van der Waals surface area contributed by atoms with E-state index in [-0.39, 0.29) is 11.9 Å². The van der Waals surface area contributed by atoms with Gasteiger partial charge in [-0.1, -0.05) is 6.07 Å². The Balaban J connectivity index is 1.70. The SMILES string of the molecule is CCOCc1c(-c2cc3cc(C)cc(OC)c3s2)c2c(N)ncnn2c1CNC1CCNC1=O. The molecule has 4 heterocycles. The molecule has 0 spiro atoms. The molecule has 10 heteroatoms. The molecular formula is C24H28N6O3S. The molecule has 1 unspecified atom stereocenters. The van der Waals surface area contributed by atoms with Crippen molar-refractivity contribution in [3.63, 3.8) is 0 Å². The van der Waals surface area contributed by atoms with Crippen LogP contribution < -0.4 is 21.1 Å². The Morgan fingerprint density at radius 2 is 2.21 bits per heavy atom. The fourth-order valence-corrected chi connectivity index (χ4v) is 5.78. The van der Waals surface area contributed by atoms with Crippen LogP contribution in [0, 0.1) is 6.92 Å². The Bertz CT molecular complexity index is 1380. The predicted molar refractivity (Wildman–Crippen MR) is 133 cm³/mol. The third kappa shape index (κ3) is 3.87. The molecule has 1 aliphatic heterocycles. The van der Waals surface area contributed by atoms with Crippen molar-refractivity contribution in [3.05, 3.63) is 41.3 Å². The van der Waals surface area contributed by atoms with Gasteiger partial charge in [0, 0.05) is 35.7 Å². The number of benzene rings is 1. The second kappa shape index (κ2) is 9.21. The predicted octanol–water partition coefficient (Wildman–Crippen LogP) is 3.02. The van der Waals surface area contributed by atoms with Crippen molar-refractivity contribution in [2.24, 2.45) is 0 Å². The molecule has 5 rings (SSSR count). The molecule has 0 bridgehead atoms. The molecule has 0 saturated carbocycles. The first-order chi connectivity index (χ1) is 16.5. The van der Waals surface area contributed by atoms with E-state index in [4.69, 9.17) is 15.2 Å². The van der Waals surface area contributed by atoms with Gasteiger partial charge in [0.2, 0.25) is 5.91 Å². The van der Waals surface area contributed by atoms with Gasteiger partial charge in [-0.05, 0) is 43.4 Å². The van der Waals surface area contributed by atoms with Crippen molar-refractivity contribution >= 4 is 38.7 Å². The highest BCUT2D eigenvalue weighted by Crippen LogP contribution is 2.44.